The fourth-order valence-corrected chi connectivity index (χ4v) is 2.18. The highest BCUT2D eigenvalue weighted by Gasteiger charge is 2.18. The Bertz CT molecular complexity index is 739. The Hall–Kier alpha value is -2.83. The van der Waals surface area contributed by atoms with Crippen LogP contribution >= 0.6 is 0 Å². The number of aromatic hydroxyl groups is 1. The molecule has 0 unspecified atom stereocenters. The van der Waals surface area contributed by atoms with Crippen molar-refractivity contribution in [3.63, 3.8) is 0 Å². The van der Waals surface area contributed by atoms with Gasteiger partial charge in [-0.05, 0) is 11.6 Å². The molecule has 0 saturated carbocycles. The molecule has 26 heavy (non-hydrogen) atoms. The van der Waals surface area contributed by atoms with Gasteiger partial charge in [-0.15, -0.1) is 0 Å². The van der Waals surface area contributed by atoms with Gasteiger partial charge in [0.05, 0.1) is 20.3 Å². The monoisotopic (exact) mass is 358 g/mol. The SMILES string of the molecule is COCCOCOc1cc(OC)cc(O)c1C(=O)C=Cc1ccccc1. The lowest BCUT2D eigenvalue weighted by molar-refractivity contribution is -0.00885. The van der Waals surface area contributed by atoms with Gasteiger partial charge < -0.3 is 24.1 Å². The Balaban J connectivity index is 2.19. The molecule has 2 rings (SSSR count). The minimum Gasteiger partial charge on any atom is -0.507 e. The van der Waals surface area contributed by atoms with Crippen molar-refractivity contribution < 1.29 is 28.8 Å². The molecule has 2 aromatic rings. The minimum absolute atomic E-state index is 0.0494. The van der Waals surface area contributed by atoms with Crippen LogP contribution in [0.2, 0.25) is 0 Å². The second-order valence-corrected chi connectivity index (χ2v) is 5.29. The summed E-state index contributed by atoms with van der Waals surface area (Å²) in [6.07, 6.45) is 3.06. The number of hydrogen-bond donors (Lipinski definition) is 1. The van der Waals surface area contributed by atoms with Crippen LogP contribution in [0.3, 0.4) is 0 Å². The number of phenols is 1. The number of benzene rings is 2. The first-order valence-corrected chi connectivity index (χ1v) is 8.03. The lowest BCUT2D eigenvalue weighted by atomic mass is 10.1. The standard InChI is InChI=1S/C20H22O6/c1-23-10-11-25-14-26-19-13-16(24-2)12-18(22)20(19)17(21)9-8-15-6-4-3-5-7-15/h3-9,12-13,22H,10-11,14H2,1-2H3. The number of carbonyl (C=O) groups is 1. The van der Waals surface area contributed by atoms with E-state index >= 15 is 0 Å². The zero-order chi connectivity index (χ0) is 18.8. The summed E-state index contributed by atoms with van der Waals surface area (Å²) in [6.45, 7) is 0.695. The fraction of sp³-hybridized carbons (Fsp3) is 0.250. The maximum atomic E-state index is 12.6. The Morgan fingerprint density at radius 1 is 1.12 bits per heavy atom. The van der Waals surface area contributed by atoms with Crippen LogP contribution in [0.15, 0.2) is 48.5 Å². The van der Waals surface area contributed by atoms with Gasteiger partial charge in [-0.1, -0.05) is 36.4 Å². The summed E-state index contributed by atoms with van der Waals surface area (Å²) < 4.78 is 20.8. The molecular formula is C20H22O6. The number of allylic oxidation sites excluding steroid dienone is 1. The van der Waals surface area contributed by atoms with Gasteiger partial charge in [-0.2, -0.15) is 0 Å². The highest BCUT2D eigenvalue weighted by atomic mass is 16.7. The third kappa shape index (κ3) is 5.61. The molecule has 0 amide bonds. The molecule has 0 radical (unpaired) electrons. The number of ketones is 1. The topological polar surface area (TPSA) is 74.2 Å². The van der Waals surface area contributed by atoms with Crippen molar-refractivity contribution in [2.24, 2.45) is 0 Å². The maximum Gasteiger partial charge on any atom is 0.193 e. The van der Waals surface area contributed by atoms with Crippen LogP contribution in [0.1, 0.15) is 15.9 Å². The highest BCUT2D eigenvalue weighted by Crippen LogP contribution is 2.34. The maximum absolute atomic E-state index is 12.6. The van der Waals surface area contributed by atoms with E-state index in [1.165, 1.54) is 25.3 Å². The minimum atomic E-state index is -0.388. The van der Waals surface area contributed by atoms with E-state index in [1.54, 1.807) is 13.2 Å². The summed E-state index contributed by atoms with van der Waals surface area (Å²) in [6, 6.07) is 12.3. The molecule has 138 valence electrons. The van der Waals surface area contributed by atoms with Crippen molar-refractivity contribution in [2.75, 3.05) is 34.2 Å². The van der Waals surface area contributed by atoms with Crippen molar-refractivity contribution in [1.82, 2.24) is 0 Å². The molecule has 1 N–H and O–H groups in total. The predicted octanol–water partition coefficient (Wildman–Crippen LogP) is 3.30. The van der Waals surface area contributed by atoms with E-state index < -0.39 is 0 Å². The van der Waals surface area contributed by atoms with E-state index in [1.807, 2.05) is 30.3 Å². The van der Waals surface area contributed by atoms with Crippen molar-refractivity contribution in [1.29, 1.82) is 0 Å². The van der Waals surface area contributed by atoms with Crippen LogP contribution in [-0.2, 0) is 9.47 Å². The molecule has 0 fully saturated rings. The Kier molecular flexibility index (Phi) is 7.67. The second-order valence-electron chi connectivity index (χ2n) is 5.29. The predicted molar refractivity (Wildman–Crippen MR) is 97.8 cm³/mol. The molecule has 0 aliphatic carbocycles. The number of rotatable bonds is 10. The van der Waals surface area contributed by atoms with Gasteiger partial charge in [-0.3, -0.25) is 4.79 Å². The van der Waals surface area contributed by atoms with Crippen LogP contribution in [0.4, 0.5) is 0 Å². The lowest BCUT2D eigenvalue weighted by Gasteiger charge is -2.13. The molecule has 0 heterocycles. The van der Waals surface area contributed by atoms with Gasteiger partial charge in [0, 0.05) is 19.2 Å². The largest absolute Gasteiger partial charge is 0.507 e. The quantitative estimate of drug-likeness (QED) is 0.304. The van der Waals surface area contributed by atoms with Crippen LogP contribution in [0, 0.1) is 0 Å². The van der Waals surface area contributed by atoms with Crippen molar-refractivity contribution in [2.45, 2.75) is 0 Å². The Morgan fingerprint density at radius 3 is 2.58 bits per heavy atom. The number of carbonyl (C=O) groups excluding carboxylic acids is 1. The zero-order valence-electron chi connectivity index (χ0n) is 14.8. The van der Waals surface area contributed by atoms with Crippen LogP contribution in [-0.4, -0.2) is 45.1 Å². The summed E-state index contributed by atoms with van der Waals surface area (Å²) in [5.41, 5.74) is 0.924. The summed E-state index contributed by atoms with van der Waals surface area (Å²) in [4.78, 5) is 12.6. The lowest BCUT2D eigenvalue weighted by Crippen LogP contribution is -2.10. The number of methoxy groups -OCH3 is 2. The van der Waals surface area contributed by atoms with Gasteiger partial charge in [0.25, 0.3) is 0 Å². The molecule has 0 aromatic heterocycles. The molecule has 6 heteroatoms. The van der Waals surface area contributed by atoms with Gasteiger partial charge in [0.15, 0.2) is 12.6 Å². The molecule has 0 saturated heterocycles. The average Bonchev–Trinajstić information content (AvgIpc) is 2.66. The van der Waals surface area contributed by atoms with E-state index in [0.29, 0.717) is 19.0 Å². The third-order valence-corrected chi connectivity index (χ3v) is 3.49. The number of phenolic OH excluding ortho intramolecular Hbond substituents is 1. The van der Waals surface area contributed by atoms with Crippen molar-refractivity contribution in [3.8, 4) is 17.2 Å². The van der Waals surface area contributed by atoms with Crippen LogP contribution < -0.4 is 9.47 Å². The van der Waals surface area contributed by atoms with Crippen molar-refractivity contribution >= 4 is 11.9 Å². The summed E-state index contributed by atoms with van der Waals surface area (Å²) in [5, 5.41) is 10.2. The molecule has 2 aromatic carbocycles. The van der Waals surface area contributed by atoms with Gasteiger partial charge >= 0.3 is 0 Å². The Morgan fingerprint density at radius 2 is 1.88 bits per heavy atom. The summed E-state index contributed by atoms with van der Waals surface area (Å²) in [7, 11) is 3.03. The molecule has 0 spiro atoms. The smallest absolute Gasteiger partial charge is 0.193 e. The molecule has 0 bridgehead atoms. The third-order valence-electron chi connectivity index (χ3n) is 3.49. The van der Waals surface area contributed by atoms with Gasteiger partial charge in [0.1, 0.15) is 22.8 Å². The van der Waals surface area contributed by atoms with E-state index in [-0.39, 0.29) is 29.6 Å². The van der Waals surface area contributed by atoms with Gasteiger partial charge in [-0.25, -0.2) is 0 Å². The van der Waals surface area contributed by atoms with Crippen LogP contribution in [0.5, 0.6) is 17.2 Å². The van der Waals surface area contributed by atoms with Crippen molar-refractivity contribution in [3.05, 3.63) is 59.7 Å². The van der Waals surface area contributed by atoms with Gasteiger partial charge in [0.2, 0.25) is 0 Å². The van der Waals surface area contributed by atoms with E-state index in [0.717, 1.165) is 5.56 Å². The number of ether oxygens (including phenoxy) is 4. The molecule has 0 aliphatic heterocycles. The zero-order valence-corrected chi connectivity index (χ0v) is 14.8. The first-order valence-electron chi connectivity index (χ1n) is 8.03. The van der Waals surface area contributed by atoms with Crippen LogP contribution in [0.25, 0.3) is 6.08 Å². The second kappa shape index (κ2) is 10.2. The summed E-state index contributed by atoms with van der Waals surface area (Å²) >= 11 is 0. The molecular weight excluding hydrogens is 336 g/mol. The van der Waals surface area contributed by atoms with E-state index in [2.05, 4.69) is 0 Å². The molecule has 6 nitrogen and oxygen atoms in total. The Labute approximate surface area is 152 Å². The first-order chi connectivity index (χ1) is 12.7. The highest BCUT2D eigenvalue weighted by molar-refractivity contribution is 6.10. The van der Waals surface area contributed by atoms with E-state index in [9.17, 15) is 9.90 Å². The normalized spacial score (nSPS) is 10.8. The fourth-order valence-electron chi connectivity index (χ4n) is 2.18. The molecule has 0 atom stereocenters. The van der Waals surface area contributed by atoms with E-state index in [4.69, 9.17) is 18.9 Å². The first kappa shape index (κ1) is 19.5. The summed E-state index contributed by atoms with van der Waals surface area (Å²) in [5.74, 6) is -0.0557. The molecule has 0 aliphatic rings. The number of hydrogen-bond acceptors (Lipinski definition) is 6. The average molecular weight is 358 g/mol.